The molecular formula is C23H24F3NO3. The number of halogens is 3. The molecule has 4 nitrogen and oxygen atoms in total. The first-order valence-corrected chi connectivity index (χ1v) is 10.1. The lowest BCUT2D eigenvalue weighted by Gasteiger charge is -2.40. The number of hydrogen-bond acceptors (Lipinski definition) is 4. The number of nitrogens with one attached hydrogen (secondary N) is 1. The Morgan fingerprint density at radius 1 is 1.17 bits per heavy atom. The molecule has 2 heterocycles. The standard InChI is InChI=1S/C23H24F3NO3/c1-2-28-20-10-9-18(30-23(24,25)26)13-19(20)17-14-22(29-15-17)11-6-12-27-21(22)16-7-4-3-5-8-16/h3-5,7-10,13-14,21,27H,2,6,11-12,15H2,1H3/t21-,22+/m0/s1. The molecule has 0 amide bonds. The maximum absolute atomic E-state index is 12.7. The Morgan fingerprint density at radius 3 is 2.70 bits per heavy atom. The van der Waals surface area contributed by atoms with Crippen LogP contribution in [0.3, 0.4) is 0 Å². The molecule has 1 fully saturated rings. The number of hydrogen-bond donors (Lipinski definition) is 1. The van der Waals surface area contributed by atoms with Gasteiger partial charge in [-0.25, -0.2) is 0 Å². The van der Waals surface area contributed by atoms with Gasteiger partial charge in [-0.3, -0.25) is 0 Å². The van der Waals surface area contributed by atoms with E-state index in [0.29, 0.717) is 24.5 Å². The van der Waals surface area contributed by atoms with Crippen molar-refractivity contribution in [2.45, 2.75) is 37.8 Å². The summed E-state index contributed by atoms with van der Waals surface area (Å²) >= 11 is 0. The fraction of sp³-hybridized carbons (Fsp3) is 0.391. The molecule has 1 saturated heterocycles. The Hall–Kier alpha value is -2.51. The largest absolute Gasteiger partial charge is 0.573 e. The average molecular weight is 419 g/mol. The van der Waals surface area contributed by atoms with Gasteiger partial charge in [0.05, 0.1) is 19.3 Å². The third-order valence-electron chi connectivity index (χ3n) is 5.46. The highest BCUT2D eigenvalue weighted by Gasteiger charge is 2.44. The van der Waals surface area contributed by atoms with Gasteiger partial charge in [0.25, 0.3) is 0 Å². The van der Waals surface area contributed by atoms with Gasteiger partial charge in [0.2, 0.25) is 0 Å². The Bertz CT molecular complexity index is 914. The van der Waals surface area contributed by atoms with Crippen molar-refractivity contribution in [2.75, 3.05) is 19.8 Å². The van der Waals surface area contributed by atoms with Gasteiger partial charge in [-0.1, -0.05) is 30.3 Å². The van der Waals surface area contributed by atoms with E-state index < -0.39 is 12.0 Å². The highest BCUT2D eigenvalue weighted by atomic mass is 19.4. The van der Waals surface area contributed by atoms with Crippen molar-refractivity contribution in [2.24, 2.45) is 0 Å². The molecule has 0 aromatic heterocycles. The van der Waals surface area contributed by atoms with Crippen LogP contribution in [0.1, 0.15) is 36.9 Å². The topological polar surface area (TPSA) is 39.7 Å². The van der Waals surface area contributed by atoms with Crippen molar-refractivity contribution in [1.82, 2.24) is 5.32 Å². The van der Waals surface area contributed by atoms with Crippen LogP contribution in [0.5, 0.6) is 11.5 Å². The van der Waals surface area contributed by atoms with Crippen LogP contribution >= 0.6 is 0 Å². The molecule has 160 valence electrons. The molecule has 2 aromatic rings. The fourth-order valence-corrected chi connectivity index (χ4v) is 4.27. The van der Waals surface area contributed by atoms with Gasteiger partial charge in [0.15, 0.2) is 0 Å². The SMILES string of the molecule is CCOc1ccc(OC(F)(F)F)cc1C1=C[C@@]2(CCCN[C@H]2c2ccccc2)OC1. The zero-order valence-electron chi connectivity index (χ0n) is 16.7. The minimum atomic E-state index is -4.75. The predicted octanol–water partition coefficient (Wildman–Crippen LogP) is 5.26. The van der Waals surface area contributed by atoms with E-state index in [1.807, 2.05) is 31.2 Å². The molecule has 30 heavy (non-hydrogen) atoms. The summed E-state index contributed by atoms with van der Waals surface area (Å²) in [4.78, 5) is 0. The van der Waals surface area contributed by atoms with Crippen LogP contribution in [0, 0.1) is 0 Å². The zero-order valence-corrected chi connectivity index (χ0v) is 16.7. The third-order valence-corrected chi connectivity index (χ3v) is 5.46. The molecule has 2 aliphatic rings. The second kappa shape index (κ2) is 8.32. The molecular weight excluding hydrogens is 395 g/mol. The number of benzene rings is 2. The Balaban J connectivity index is 1.72. The normalized spacial score (nSPS) is 24.0. The van der Waals surface area contributed by atoms with Crippen LogP contribution in [-0.4, -0.2) is 31.7 Å². The molecule has 2 aromatic carbocycles. The van der Waals surface area contributed by atoms with Crippen molar-refractivity contribution in [3.8, 4) is 11.5 Å². The lowest BCUT2D eigenvalue weighted by Crippen LogP contribution is -2.47. The molecule has 1 spiro atoms. The molecule has 1 N–H and O–H groups in total. The number of piperidine rings is 1. The lowest BCUT2D eigenvalue weighted by atomic mass is 9.81. The first-order valence-electron chi connectivity index (χ1n) is 10.1. The summed E-state index contributed by atoms with van der Waals surface area (Å²) < 4.78 is 54.3. The lowest BCUT2D eigenvalue weighted by molar-refractivity contribution is -0.274. The predicted molar refractivity (Wildman–Crippen MR) is 107 cm³/mol. The van der Waals surface area contributed by atoms with E-state index in [4.69, 9.17) is 9.47 Å². The molecule has 7 heteroatoms. The minimum absolute atomic E-state index is 0.0323. The number of rotatable bonds is 5. The first kappa shape index (κ1) is 20.8. The van der Waals surface area contributed by atoms with E-state index >= 15 is 0 Å². The van der Waals surface area contributed by atoms with Crippen LogP contribution in [0.25, 0.3) is 5.57 Å². The Kier molecular flexibility index (Phi) is 5.75. The van der Waals surface area contributed by atoms with Gasteiger partial charge in [-0.05, 0) is 61.7 Å². The minimum Gasteiger partial charge on any atom is -0.493 e. The average Bonchev–Trinajstić information content (AvgIpc) is 3.13. The van der Waals surface area contributed by atoms with E-state index in [-0.39, 0.29) is 11.8 Å². The van der Waals surface area contributed by atoms with Gasteiger partial charge >= 0.3 is 6.36 Å². The van der Waals surface area contributed by atoms with Crippen LogP contribution in [0.4, 0.5) is 13.2 Å². The Labute approximate surface area is 173 Å². The van der Waals surface area contributed by atoms with Crippen LogP contribution in [0.2, 0.25) is 0 Å². The number of ether oxygens (including phenoxy) is 3. The van der Waals surface area contributed by atoms with Crippen molar-refractivity contribution in [1.29, 1.82) is 0 Å². The van der Waals surface area contributed by atoms with Gasteiger partial charge in [0.1, 0.15) is 17.1 Å². The summed E-state index contributed by atoms with van der Waals surface area (Å²) in [6.07, 6.45) is -0.932. The second-order valence-electron chi connectivity index (χ2n) is 7.45. The highest BCUT2D eigenvalue weighted by Crippen LogP contribution is 2.45. The Morgan fingerprint density at radius 2 is 1.97 bits per heavy atom. The van der Waals surface area contributed by atoms with Crippen LogP contribution in [-0.2, 0) is 4.74 Å². The molecule has 4 rings (SSSR count). The highest BCUT2D eigenvalue weighted by molar-refractivity contribution is 5.75. The van der Waals surface area contributed by atoms with E-state index in [2.05, 4.69) is 22.2 Å². The third kappa shape index (κ3) is 4.32. The molecule has 0 radical (unpaired) electrons. The van der Waals surface area contributed by atoms with E-state index in [1.54, 1.807) is 0 Å². The summed E-state index contributed by atoms with van der Waals surface area (Å²) in [7, 11) is 0. The van der Waals surface area contributed by atoms with Gasteiger partial charge < -0.3 is 19.5 Å². The summed E-state index contributed by atoms with van der Waals surface area (Å²) in [5.74, 6) is 0.239. The zero-order chi connectivity index (χ0) is 21.2. The quantitative estimate of drug-likeness (QED) is 0.718. The fourth-order valence-electron chi connectivity index (χ4n) is 4.27. The monoisotopic (exact) mass is 419 g/mol. The van der Waals surface area contributed by atoms with Crippen molar-refractivity contribution in [3.05, 3.63) is 65.7 Å². The molecule has 0 bridgehead atoms. The maximum Gasteiger partial charge on any atom is 0.573 e. The van der Waals surface area contributed by atoms with Crippen LogP contribution in [0.15, 0.2) is 54.6 Å². The molecule has 0 aliphatic carbocycles. The second-order valence-corrected chi connectivity index (χ2v) is 7.45. The van der Waals surface area contributed by atoms with E-state index in [1.165, 1.54) is 18.2 Å². The van der Waals surface area contributed by atoms with Crippen molar-refractivity contribution < 1.29 is 27.4 Å². The van der Waals surface area contributed by atoms with E-state index in [0.717, 1.165) is 30.5 Å². The van der Waals surface area contributed by atoms with Crippen LogP contribution < -0.4 is 14.8 Å². The smallest absolute Gasteiger partial charge is 0.493 e. The summed E-state index contributed by atoms with van der Waals surface area (Å²) in [5.41, 5.74) is 1.93. The first-order chi connectivity index (χ1) is 14.4. The summed E-state index contributed by atoms with van der Waals surface area (Å²) in [6, 6.07) is 14.2. The van der Waals surface area contributed by atoms with Gasteiger partial charge in [-0.2, -0.15) is 0 Å². The summed E-state index contributed by atoms with van der Waals surface area (Å²) in [5, 5.41) is 3.55. The molecule has 0 saturated carbocycles. The molecule has 0 unspecified atom stereocenters. The number of alkyl halides is 3. The van der Waals surface area contributed by atoms with Crippen molar-refractivity contribution in [3.63, 3.8) is 0 Å². The van der Waals surface area contributed by atoms with E-state index in [9.17, 15) is 13.2 Å². The van der Waals surface area contributed by atoms with Gasteiger partial charge in [-0.15, -0.1) is 13.2 Å². The molecule has 2 aliphatic heterocycles. The summed E-state index contributed by atoms with van der Waals surface area (Å²) in [6.45, 7) is 3.41. The van der Waals surface area contributed by atoms with Crippen molar-refractivity contribution >= 4 is 5.57 Å². The molecule has 2 atom stereocenters. The van der Waals surface area contributed by atoms with Gasteiger partial charge in [0, 0.05) is 5.56 Å². The maximum atomic E-state index is 12.7.